The summed E-state index contributed by atoms with van der Waals surface area (Å²) >= 11 is 2.16. The van der Waals surface area contributed by atoms with Crippen LogP contribution in [0.2, 0.25) is 0 Å². The van der Waals surface area contributed by atoms with E-state index in [1.165, 1.54) is 4.90 Å². The molecule has 0 spiro atoms. The molecule has 0 fully saturated rings. The van der Waals surface area contributed by atoms with E-state index in [0.29, 0.717) is 12.1 Å². The molecule has 0 unspecified atom stereocenters. The summed E-state index contributed by atoms with van der Waals surface area (Å²) in [6.45, 7) is 5.66. The molecule has 0 aliphatic carbocycles. The van der Waals surface area contributed by atoms with Crippen molar-refractivity contribution in [2.45, 2.75) is 51.8 Å². The Morgan fingerprint density at radius 3 is 2.58 bits per heavy atom. The van der Waals surface area contributed by atoms with Crippen molar-refractivity contribution < 1.29 is 19.1 Å². The fourth-order valence-corrected chi connectivity index (χ4v) is 3.34. The molecule has 2 rings (SSSR count). The number of carbonyl (C=O) groups excluding carboxylic acids is 3. The first-order valence-electron chi connectivity index (χ1n) is 7.69. The van der Waals surface area contributed by atoms with Crippen LogP contribution >= 0.6 is 22.6 Å². The summed E-state index contributed by atoms with van der Waals surface area (Å²) in [6.07, 6.45) is 0.183. The normalized spacial score (nSPS) is 15.2. The van der Waals surface area contributed by atoms with E-state index in [9.17, 15) is 14.4 Å². The molecule has 1 aromatic carbocycles. The molecule has 0 bridgehead atoms. The molecule has 7 heteroatoms. The minimum absolute atomic E-state index is 0.0299. The molecule has 2 amide bonds. The average molecular weight is 444 g/mol. The lowest BCUT2D eigenvalue weighted by atomic mass is 10.1. The van der Waals surface area contributed by atoms with Gasteiger partial charge in [-0.15, -0.1) is 0 Å². The Bertz CT molecular complexity index is 682. The molecule has 1 heterocycles. The number of rotatable bonds is 5. The van der Waals surface area contributed by atoms with Gasteiger partial charge in [0.1, 0.15) is 11.6 Å². The highest BCUT2D eigenvalue weighted by atomic mass is 127. The molecule has 1 aliphatic heterocycles. The number of benzene rings is 1. The van der Waals surface area contributed by atoms with Crippen molar-refractivity contribution in [1.29, 1.82) is 0 Å². The van der Waals surface area contributed by atoms with Crippen LogP contribution in [0.15, 0.2) is 18.2 Å². The van der Waals surface area contributed by atoms with Crippen molar-refractivity contribution >= 4 is 40.4 Å². The fourth-order valence-electron chi connectivity index (χ4n) is 2.67. The number of nitrogens with zero attached hydrogens (tertiary/aromatic N) is 1. The van der Waals surface area contributed by atoms with Crippen LogP contribution in [-0.2, 0) is 20.9 Å². The summed E-state index contributed by atoms with van der Waals surface area (Å²) in [5.74, 6) is -1.25. The summed E-state index contributed by atoms with van der Waals surface area (Å²) in [6, 6.07) is 4.64. The number of carbonyl (C=O) groups is 3. The summed E-state index contributed by atoms with van der Waals surface area (Å²) < 4.78 is 6.21. The molecule has 1 atom stereocenters. The Hall–Kier alpha value is -1.64. The van der Waals surface area contributed by atoms with Crippen LogP contribution in [0.4, 0.5) is 0 Å². The van der Waals surface area contributed by atoms with Gasteiger partial charge in [0, 0.05) is 22.1 Å². The predicted molar refractivity (Wildman–Crippen MR) is 97.1 cm³/mol. The number of nitrogens with two attached hydrogens (primary N) is 1. The second kappa shape index (κ2) is 7.08. The summed E-state index contributed by atoms with van der Waals surface area (Å²) in [5, 5.41) is 0. The SMILES string of the molecule is CC(C)(C)OC(=O)CC[C@@H](C(N)=O)N1Cc2c(I)cccc2C1=O. The maximum Gasteiger partial charge on any atom is 0.306 e. The lowest BCUT2D eigenvalue weighted by Crippen LogP contribution is -2.45. The first kappa shape index (κ1) is 18.7. The highest BCUT2D eigenvalue weighted by Crippen LogP contribution is 2.29. The molecule has 0 saturated carbocycles. The van der Waals surface area contributed by atoms with Gasteiger partial charge < -0.3 is 15.4 Å². The number of amides is 2. The van der Waals surface area contributed by atoms with Crippen LogP contribution in [0, 0.1) is 3.57 Å². The first-order chi connectivity index (χ1) is 11.1. The Morgan fingerprint density at radius 2 is 2.04 bits per heavy atom. The number of hydrogen-bond acceptors (Lipinski definition) is 4. The zero-order valence-electron chi connectivity index (χ0n) is 14.0. The Kier molecular flexibility index (Phi) is 5.52. The van der Waals surface area contributed by atoms with Crippen LogP contribution in [-0.4, -0.2) is 34.3 Å². The zero-order chi connectivity index (χ0) is 18.1. The first-order valence-corrected chi connectivity index (χ1v) is 8.77. The van der Waals surface area contributed by atoms with Crippen LogP contribution in [0.5, 0.6) is 0 Å². The number of esters is 1. The van der Waals surface area contributed by atoms with E-state index in [4.69, 9.17) is 10.5 Å². The number of hydrogen-bond donors (Lipinski definition) is 1. The minimum atomic E-state index is -0.826. The maximum absolute atomic E-state index is 12.6. The van der Waals surface area contributed by atoms with Crippen molar-refractivity contribution in [2.75, 3.05) is 0 Å². The van der Waals surface area contributed by atoms with Gasteiger partial charge in [0.05, 0.1) is 0 Å². The Balaban J connectivity index is 2.10. The van der Waals surface area contributed by atoms with E-state index >= 15 is 0 Å². The predicted octanol–water partition coefficient (Wildman–Crippen LogP) is 2.22. The summed E-state index contributed by atoms with van der Waals surface area (Å²) in [4.78, 5) is 37.7. The van der Waals surface area contributed by atoms with Crippen LogP contribution in [0.25, 0.3) is 0 Å². The Morgan fingerprint density at radius 1 is 1.38 bits per heavy atom. The maximum atomic E-state index is 12.6. The highest BCUT2D eigenvalue weighted by Gasteiger charge is 2.36. The van der Waals surface area contributed by atoms with Crippen molar-refractivity contribution in [3.63, 3.8) is 0 Å². The molecular weight excluding hydrogens is 423 g/mol. The fraction of sp³-hybridized carbons (Fsp3) is 0.471. The standard InChI is InChI=1S/C17H21IN2O4/c1-17(2,3)24-14(21)8-7-13(15(19)22)20-9-11-10(16(20)23)5-4-6-12(11)18/h4-6,13H,7-9H2,1-3H3,(H2,19,22)/t13-/m0/s1. The van der Waals surface area contributed by atoms with E-state index in [2.05, 4.69) is 22.6 Å². The van der Waals surface area contributed by atoms with Crippen molar-refractivity contribution in [3.05, 3.63) is 32.9 Å². The summed E-state index contributed by atoms with van der Waals surface area (Å²) in [5.41, 5.74) is 6.37. The minimum Gasteiger partial charge on any atom is -0.460 e. The molecule has 2 N–H and O–H groups in total. The highest BCUT2D eigenvalue weighted by molar-refractivity contribution is 14.1. The van der Waals surface area contributed by atoms with Gasteiger partial charge in [0.25, 0.3) is 5.91 Å². The lowest BCUT2D eigenvalue weighted by molar-refractivity contribution is -0.155. The van der Waals surface area contributed by atoms with Crippen LogP contribution < -0.4 is 5.73 Å². The lowest BCUT2D eigenvalue weighted by Gasteiger charge is -2.25. The third-order valence-corrected chi connectivity index (χ3v) is 4.70. The molecule has 6 nitrogen and oxygen atoms in total. The van der Waals surface area contributed by atoms with Gasteiger partial charge in [0.15, 0.2) is 0 Å². The van der Waals surface area contributed by atoms with Gasteiger partial charge in [-0.25, -0.2) is 0 Å². The van der Waals surface area contributed by atoms with Crippen molar-refractivity contribution in [3.8, 4) is 0 Å². The molecule has 0 saturated heterocycles. The second-order valence-electron chi connectivity index (χ2n) is 6.74. The third-order valence-electron chi connectivity index (χ3n) is 3.69. The quantitative estimate of drug-likeness (QED) is 0.557. The van der Waals surface area contributed by atoms with Gasteiger partial charge in [-0.05, 0) is 67.5 Å². The third kappa shape index (κ3) is 4.25. The van der Waals surface area contributed by atoms with Gasteiger partial charge in [-0.3, -0.25) is 14.4 Å². The largest absolute Gasteiger partial charge is 0.460 e. The van der Waals surface area contributed by atoms with E-state index in [1.807, 2.05) is 12.1 Å². The van der Waals surface area contributed by atoms with Crippen molar-refractivity contribution in [2.24, 2.45) is 5.73 Å². The monoisotopic (exact) mass is 444 g/mol. The smallest absolute Gasteiger partial charge is 0.306 e. The second-order valence-corrected chi connectivity index (χ2v) is 7.90. The molecule has 0 aromatic heterocycles. The number of primary amides is 1. The van der Waals surface area contributed by atoms with Gasteiger partial charge >= 0.3 is 5.97 Å². The van der Waals surface area contributed by atoms with Crippen LogP contribution in [0.1, 0.15) is 49.5 Å². The molecule has 130 valence electrons. The number of halogens is 1. The van der Waals surface area contributed by atoms with Gasteiger partial charge in [0.2, 0.25) is 5.91 Å². The topological polar surface area (TPSA) is 89.7 Å². The number of ether oxygens (including phenoxy) is 1. The molecule has 1 aromatic rings. The molecule has 0 radical (unpaired) electrons. The van der Waals surface area contributed by atoms with Gasteiger partial charge in [-0.1, -0.05) is 6.07 Å². The average Bonchev–Trinajstić information content (AvgIpc) is 2.76. The van der Waals surface area contributed by atoms with E-state index < -0.39 is 23.5 Å². The number of fused-ring (bicyclic) bond motifs is 1. The van der Waals surface area contributed by atoms with E-state index in [0.717, 1.165) is 9.13 Å². The molecule has 24 heavy (non-hydrogen) atoms. The van der Waals surface area contributed by atoms with E-state index in [1.54, 1.807) is 26.8 Å². The summed E-state index contributed by atoms with van der Waals surface area (Å²) in [7, 11) is 0. The van der Waals surface area contributed by atoms with E-state index in [-0.39, 0.29) is 18.7 Å². The Labute approximate surface area is 154 Å². The molecular formula is C17H21IN2O4. The zero-order valence-corrected chi connectivity index (χ0v) is 16.1. The van der Waals surface area contributed by atoms with Crippen molar-refractivity contribution in [1.82, 2.24) is 4.90 Å². The van der Waals surface area contributed by atoms with Crippen LogP contribution in [0.3, 0.4) is 0 Å². The molecule has 1 aliphatic rings. The van der Waals surface area contributed by atoms with Gasteiger partial charge in [-0.2, -0.15) is 0 Å².